The molecule has 0 saturated carbocycles. The summed E-state index contributed by atoms with van der Waals surface area (Å²) in [7, 11) is 0. The Morgan fingerprint density at radius 2 is 1.86 bits per heavy atom. The maximum atomic E-state index is 12.4. The fourth-order valence-corrected chi connectivity index (χ4v) is 4.44. The SMILES string of the molecule is CC[C@H](CC(=O)O)c1ccc(N(CC)C2CCOCC2)c(Nc2ccc(OCC(F)(F)F)cc2)c1. The molecule has 0 aromatic heterocycles. The van der Waals surface area contributed by atoms with Crippen LogP contribution in [0.4, 0.5) is 30.2 Å². The molecule has 0 bridgehead atoms. The molecule has 1 saturated heterocycles. The first kappa shape index (κ1) is 26.7. The van der Waals surface area contributed by atoms with Crippen molar-refractivity contribution in [3.8, 4) is 5.75 Å². The number of hydrogen-bond acceptors (Lipinski definition) is 5. The van der Waals surface area contributed by atoms with E-state index < -0.39 is 18.8 Å². The number of carbonyl (C=O) groups is 1. The summed E-state index contributed by atoms with van der Waals surface area (Å²) in [6.07, 6.45) is -1.84. The lowest BCUT2D eigenvalue weighted by atomic mass is 9.92. The summed E-state index contributed by atoms with van der Waals surface area (Å²) in [5, 5.41) is 12.7. The van der Waals surface area contributed by atoms with Crippen LogP contribution < -0.4 is 15.0 Å². The number of anilines is 3. The zero-order valence-electron chi connectivity index (χ0n) is 20.1. The van der Waals surface area contributed by atoms with Crippen LogP contribution in [0.1, 0.15) is 51.0 Å². The molecule has 0 radical (unpaired) electrons. The smallest absolute Gasteiger partial charge is 0.422 e. The number of carboxylic acid groups (broad SMARTS) is 1. The molecule has 2 N–H and O–H groups in total. The summed E-state index contributed by atoms with van der Waals surface area (Å²) in [4.78, 5) is 13.7. The molecule has 1 aliphatic heterocycles. The second kappa shape index (κ2) is 12.2. The molecule has 1 fully saturated rings. The summed E-state index contributed by atoms with van der Waals surface area (Å²) in [5.74, 6) is -0.840. The second-order valence-corrected chi connectivity index (χ2v) is 8.66. The van der Waals surface area contributed by atoms with Gasteiger partial charge in [0.05, 0.1) is 17.8 Å². The van der Waals surface area contributed by atoms with Gasteiger partial charge in [-0.05, 0) is 74.1 Å². The highest BCUT2D eigenvalue weighted by molar-refractivity contribution is 5.77. The maximum absolute atomic E-state index is 12.4. The predicted molar refractivity (Wildman–Crippen MR) is 130 cm³/mol. The third-order valence-electron chi connectivity index (χ3n) is 6.22. The van der Waals surface area contributed by atoms with Crippen LogP contribution in [0.5, 0.6) is 5.75 Å². The average molecular weight is 495 g/mol. The fraction of sp³-hybridized carbons (Fsp3) is 0.500. The van der Waals surface area contributed by atoms with Gasteiger partial charge in [-0.15, -0.1) is 0 Å². The molecule has 0 spiro atoms. The number of ether oxygens (including phenoxy) is 2. The van der Waals surface area contributed by atoms with Gasteiger partial charge in [0.1, 0.15) is 5.75 Å². The van der Waals surface area contributed by atoms with E-state index in [0.717, 1.165) is 36.3 Å². The third kappa shape index (κ3) is 7.78. The van der Waals surface area contributed by atoms with Gasteiger partial charge in [0, 0.05) is 31.5 Å². The van der Waals surface area contributed by atoms with E-state index in [1.807, 2.05) is 25.1 Å². The van der Waals surface area contributed by atoms with Gasteiger partial charge in [-0.1, -0.05) is 13.0 Å². The first-order valence-electron chi connectivity index (χ1n) is 12.0. The molecule has 1 atom stereocenters. The van der Waals surface area contributed by atoms with Crippen LogP contribution in [0.3, 0.4) is 0 Å². The normalized spacial score (nSPS) is 15.5. The van der Waals surface area contributed by atoms with Gasteiger partial charge in [-0.3, -0.25) is 4.79 Å². The molecule has 2 aromatic rings. The largest absolute Gasteiger partial charge is 0.484 e. The summed E-state index contributed by atoms with van der Waals surface area (Å²) in [5.41, 5.74) is 3.43. The molecule has 6 nitrogen and oxygen atoms in total. The second-order valence-electron chi connectivity index (χ2n) is 8.66. The van der Waals surface area contributed by atoms with Crippen molar-refractivity contribution < 1.29 is 32.5 Å². The minimum atomic E-state index is -4.40. The molecule has 0 aliphatic carbocycles. The lowest BCUT2D eigenvalue weighted by Crippen LogP contribution is -2.39. The van der Waals surface area contributed by atoms with E-state index in [-0.39, 0.29) is 18.1 Å². The number of rotatable bonds is 11. The molecule has 9 heteroatoms. The van der Waals surface area contributed by atoms with Crippen molar-refractivity contribution in [3.63, 3.8) is 0 Å². The van der Waals surface area contributed by atoms with Crippen LogP contribution >= 0.6 is 0 Å². The number of nitrogens with zero attached hydrogens (tertiary/aromatic N) is 1. The Bertz CT molecular complexity index is 960. The Morgan fingerprint density at radius 1 is 1.17 bits per heavy atom. The molecule has 2 aromatic carbocycles. The first-order chi connectivity index (χ1) is 16.7. The van der Waals surface area contributed by atoms with Crippen molar-refractivity contribution in [1.82, 2.24) is 0 Å². The average Bonchev–Trinajstić information content (AvgIpc) is 2.83. The maximum Gasteiger partial charge on any atom is 0.422 e. The van der Waals surface area contributed by atoms with E-state index in [2.05, 4.69) is 17.1 Å². The van der Waals surface area contributed by atoms with Gasteiger partial charge in [-0.2, -0.15) is 13.2 Å². The van der Waals surface area contributed by atoms with Crippen molar-refractivity contribution in [3.05, 3.63) is 48.0 Å². The van der Waals surface area contributed by atoms with Crippen molar-refractivity contribution in [2.24, 2.45) is 0 Å². The molecule has 1 heterocycles. The molecule has 192 valence electrons. The first-order valence-corrected chi connectivity index (χ1v) is 12.0. The molecule has 0 unspecified atom stereocenters. The van der Waals surface area contributed by atoms with Gasteiger partial charge >= 0.3 is 12.1 Å². The van der Waals surface area contributed by atoms with Crippen LogP contribution in [-0.4, -0.2) is 49.7 Å². The summed E-state index contributed by atoms with van der Waals surface area (Å²) in [6.45, 7) is 4.92. The van der Waals surface area contributed by atoms with Gasteiger partial charge in [0.25, 0.3) is 0 Å². The number of nitrogens with one attached hydrogen (secondary N) is 1. The van der Waals surface area contributed by atoms with Crippen molar-refractivity contribution in [2.45, 2.75) is 57.7 Å². The zero-order chi connectivity index (χ0) is 25.4. The molecule has 35 heavy (non-hydrogen) atoms. The van der Waals surface area contributed by atoms with E-state index in [4.69, 9.17) is 9.47 Å². The lowest BCUT2D eigenvalue weighted by molar-refractivity contribution is -0.153. The Labute approximate surface area is 204 Å². The van der Waals surface area contributed by atoms with Crippen LogP contribution in [0.15, 0.2) is 42.5 Å². The summed E-state index contributed by atoms with van der Waals surface area (Å²) < 4.78 is 47.7. The van der Waals surface area contributed by atoms with Crippen molar-refractivity contribution >= 4 is 23.0 Å². The third-order valence-corrected chi connectivity index (χ3v) is 6.22. The highest BCUT2D eigenvalue weighted by Crippen LogP contribution is 2.36. The van der Waals surface area contributed by atoms with Crippen molar-refractivity contribution in [1.29, 1.82) is 0 Å². The molecule has 0 amide bonds. The van der Waals surface area contributed by atoms with E-state index in [0.29, 0.717) is 31.4 Å². The Morgan fingerprint density at radius 3 is 2.43 bits per heavy atom. The number of benzene rings is 2. The lowest BCUT2D eigenvalue weighted by Gasteiger charge is -2.37. The predicted octanol–water partition coefficient (Wildman–Crippen LogP) is 6.34. The van der Waals surface area contributed by atoms with Gasteiger partial charge in [-0.25, -0.2) is 0 Å². The van der Waals surface area contributed by atoms with E-state index in [1.165, 1.54) is 12.1 Å². The van der Waals surface area contributed by atoms with E-state index in [1.54, 1.807) is 12.1 Å². The fourth-order valence-electron chi connectivity index (χ4n) is 4.44. The quantitative estimate of drug-likeness (QED) is 0.380. The minimum Gasteiger partial charge on any atom is -0.484 e. The topological polar surface area (TPSA) is 71.0 Å². The number of hydrogen-bond donors (Lipinski definition) is 2. The summed E-state index contributed by atoms with van der Waals surface area (Å²) >= 11 is 0. The van der Waals surface area contributed by atoms with Crippen LogP contribution in [0, 0.1) is 0 Å². The highest BCUT2D eigenvalue weighted by atomic mass is 19.4. The number of carboxylic acids is 1. The van der Waals surface area contributed by atoms with Crippen LogP contribution in [0.25, 0.3) is 0 Å². The Kier molecular flexibility index (Phi) is 9.26. The van der Waals surface area contributed by atoms with Crippen LogP contribution in [0.2, 0.25) is 0 Å². The van der Waals surface area contributed by atoms with Crippen LogP contribution in [-0.2, 0) is 9.53 Å². The molecular weight excluding hydrogens is 461 g/mol. The Balaban J connectivity index is 1.90. The number of halogens is 3. The Hall–Kier alpha value is -2.94. The molecule has 1 aliphatic rings. The standard InChI is InChI=1S/C26H33F3N2O4/c1-3-18(16-25(32)33)19-5-10-24(31(4-2)21-11-13-34-14-12-21)23(15-19)30-20-6-8-22(9-7-20)35-17-26(27,28)29/h5-10,15,18,21,30H,3-4,11-14,16-17H2,1-2H3,(H,32,33)/t18-/m1/s1. The number of alkyl halides is 3. The minimum absolute atomic E-state index is 0.0397. The van der Waals surface area contributed by atoms with Gasteiger partial charge in [0.2, 0.25) is 0 Å². The monoisotopic (exact) mass is 494 g/mol. The summed E-state index contributed by atoms with van der Waals surface area (Å²) in [6, 6.07) is 12.7. The van der Waals surface area contributed by atoms with E-state index >= 15 is 0 Å². The van der Waals surface area contributed by atoms with Crippen molar-refractivity contribution in [2.75, 3.05) is 36.6 Å². The zero-order valence-corrected chi connectivity index (χ0v) is 20.1. The van der Waals surface area contributed by atoms with Gasteiger partial charge in [0.15, 0.2) is 6.61 Å². The highest BCUT2D eigenvalue weighted by Gasteiger charge is 2.28. The molecular formula is C26H33F3N2O4. The van der Waals surface area contributed by atoms with Gasteiger partial charge < -0.3 is 24.8 Å². The van der Waals surface area contributed by atoms with E-state index in [9.17, 15) is 23.1 Å². The number of aliphatic carboxylic acids is 1. The molecule has 3 rings (SSSR count).